The van der Waals surface area contributed by atoms with E-state index in [0.29, 0.717) is 53.3 Å². The Kier molecular flexibility index (Phi) is 7.53. The Hall–Kier alpha value is -0.120. The molecular formula is C25H46O3. The number of aliphatic hydroxyl groups excluding tert-OH is 3. The molecule has 3 fully saturated rings. The maximum absolute atomic E-state index is 11.3. The van der Waals surface area contributed by atoms with E-state index < -0.39 is 0 Å². The molecule has 3 rings (SSSR count). The molecule has 0 radical (unpaired) electrons. The van der Waals surface area contributed by atoms with Crippen molar-refractivity contribution in [2.24, 2.45) is 53.3 Å². The summed E-state index contributed by atoms with van der Waals surface area (Å²) in [5.41, 5.74) is 0. The molecule has 3 nitrogen and oxygen atoms in total. The van der Waals surface area contributed by atoms with Crippen molar-refractivity contribution in [3.8, 4) is 0 Å². The van der Waals surface area contributed by atoms with Gasteiger partial charge in [-0.15, -0.1) is 0 Å². The summed E-state index contributed by atoms with van der Waals surface area (Å²) in [4.78, 5) is 0. The van der Waals surface area contributed by atoms with E-state index >= 15 is 0 Å². The second-order valence-electron chi connectivity index (χ2n) is 11.7. The first-order chi connectivity index (χ1) is 13.2. The Balaban J connectivity index is 1.64. The van der Waals surface area contributed by atoms with Gasteiger partial charge in [0, 0.05) is 0 Å². The van der Waals surface area contributed by atoms with Gasteiger partial charge < -0.3 is 15.3 Å². The van der Waals surface area contributed by atoms with Gasteiger partial charge in [0.05, 0.1) is 18.3 Å². The van der Waals surface area contributed by atoms with E-state index in [0.717, 1.165) is 51.4 Å². The van der Waals surface area contributed by atoms with Crippen molar-refractivity contribution in [1.29, 1.82) is 0 Å². The Labute approximate surface area is 173 Å². The standard InChI is InChI=1S/C25H46O3/c1-14-6-17(4)23(26)19(8-14)12-21-10-16(3)11-22(25(21)28)13-20-9-15(2)7-18(5)24(20)27/h14-28H,6-13H2,1-5H3. The van der Waals surface area contributed by atoms with Crippen LogP contribution in [0.5, 0.6) is 0 Å². The summed E-state index contributed by atoms with van der Waals surface area (Å²) >= 11 is 0. The normalized spacial score (nSPS) is 53.1. The highest BCUT2D eigenvalue weighted by Crippen LogP contribution is 2.45. The average molecular weight is 395 g/mol. The molecule has 3 aliphatic carbocycles. The molecule has 0 amide bonds. The van der Waals surface area contributed by atoms with Gasteiger partial charge in [-0.2, -0.15) is 0 Å². The minimum atomic E-state index is -0.268. The number of hydrogen-bond acceptors (Lipinski definition) is 3. The summed E-state index contributed by atoms with van der Waals surface area (Å²) in [6.45, 7) is 11.3. The largest absolute Gasteiger partial charge is 0.393 e. The maximum atomic E-state index is 11.3. The molecule has 10 unspecified atom stereocenters. The summed E-state index contributed by atoms with van der Waals surface area (Å²) in [6, 6.07) is 0. The van der Waals surface area contributed by atoms with Crippen LogP contribution in [0, 0.1) is 53.3 Å². The van der Waals surface area contributed by atoms with Crippen LogP contribution in [0.15, 0.2) is 0 Å². The number of hydrogen-bond donors (Lipinski definition) is 3. The molecule has 0 aromatic heterocycles. The smallest absolute Gasteiger partial charge is 0.0596 e. The molecule has 0 bridgehead atoms. The zero-order valence-electron chi connectivity index (χ0n) is 18.9. The molecular weight excluding hydrogens is 348 g/mol. The lowest BCUT2D eigenvalue weighted by molar-refractivity contribution is -0.0649. The van der Waals surface area contributed by atoms with E-state index in [2.05, 4.69) is 34.6 Å². The van der Waals surface area contributed by atoms with Gasteiger partial charge in [0.25, 0.3) is 0 Å². The van der Waals surface area contributed by atoms with Crippen LogP contribution in [0.2, 0.25) is 0 Å². The van der Waals surface area contributed by atoms with Crippen LogP contribution < -0.4 is 0 Å². The molecule has 28 heavy (non-hydrogen) atoms. The highest BCUT2D eigenvalue weighted by Gasteiger charge is 2.42. The zero-order chi connectivity index (χ0) is 20.6. The summed E-state index contributed by atoms with van der Waals surface area (Å²) in [5, 5.41) is 32.8. The monoisotopic (exact) mass is 394 g/mol. The fraction of sp³-hybridized carbons (Fsp3) is 1.00. The molecule has 3 heteroatoms. The molecule has 3 saturated carbocycles. The molecule has 164 valence electrons. The molecule has 3 aliphatic rings. The quantitative estimate of drug-likeness (QED) is 0.637. The van der Waals surface area contributed by atoms with Gasteiger partial charge in [0.1, 0.15) is 0 Å². The highest BCUT2D eigenvalue weighted by molar-refractivity contribution is 4.93. The van der Waals surface area contributed by atoms with Crippen molar-refractivity contribution in [3.05, 3.63) is 0 Å². The molecule has 0 spiro atoms. The van der Waals surface area contributed by atoms with Crippen molar-refractivity contribution in [2.75, 3.05) is 0 Å². The van der Waals surface area contributed by atoms with Crippen molar-refractivity contribution in [2.45, 2.75) is 104 Å². The SMILES string of the molecule is CC1CC(C)C(O)C(CC2CC(C)CC(CC3CC(C)CC(C)C3O)C2O)C1. The first-order valence-electron chi connectivity index (χ1n) is 12.2. The maximum Gasteiger partial charge on any atom is 0.0596 e. The Morgan fingerprint density at radius 1 is 0.464 bits per heavy atom. The van der Waals surface area contributed by atoms with Gasteiger partial charge in [-0.05, 0) is 105 Å². The second-order valence-corrected chi connectivity index (χ2v) is 11.7. The van der Waals surface area contributed by atoms with Crippen LogP contribution in [-0.4, -0.2) is 33.6 Å². The summed E-state index contributed by atoms with van der Waals surface area (Å²) in [6.07, 6.45) is 7.88. The van der Waals surface area contributed by atoms with Crippen molar-refractivity contribution < 1.29 is 15.3 Å². The van der Waals surface area contributed by atoms with Gasteiger partial charge >= 0.3 is 0 Å². The van der Waals surface area contributed by atoms with Crippen LogP contribution in [0.1, 0.15) is 86.0 Å². The third-order valence-corrected chi connectivity index (χ3v) is 8.68. The van der Waals surface area contributed by atoms with Crippen LogP contribution in [0.4, 0.5) is 0 Å². The molecule has 0 aromatic carbocycles. The topological polar surface area (TPSA) is 60.7 Å². The fourth-order valence-corrected chi connectivity index (χ4v) is 7.50. The molecule has 0 saturated heterocycles. The summed E-state index contributed by atoms with van der Waals surface area (Å²) in [7, 11) is 0. The van der Waals surface area contributed by atoms with E-state index in [4.69, 9.17) is 0 Å². The van der Waals surface area contributed by atoms with Crippen LogP contribution >= 0.6 is 0 Å². The predicted molar refractivity (Wildman–Crippen MR) is 115 cm³/mol. The van der Waals surface area contributed by atoms with Crippen molar-refractivity contribution in [3.63, 3.8) is 0 Å². The lowest BCUT2D eigenvalue weighted by atomic mass is 9.63. The Morgan fingerprint density at radius 2 is 0.750 bits per heavy atom. The van der Waals surface area contributed by atoms with E-state index in [1.807, 2.05) is 0 Å². The van der Waals surface area contributed by atoms with E-state index in [9.17, 15) is 15.3 Å². The highest BCUT2D eigenvalue weighted by atomic mass is 16.3. The number of rotatable bonds is 4. The third-order valence-electron chi connectivity index (χ3n) is 8.68. The van der Waals surface area contributed by atoms with Crippen LogP contribution in [0.25, 0.3) is 0 Å². The minimum Gasteiger partial charge on any atom is -0.393 e. The average Bonchev–Trinajstić information content (AvgIpc) is 2.60. The van der Waals surface area contributed by atoms with Crippen molar-refractivity contribution in [1.82, 2.24) is 0 Å². The number of aliphatic hydroxyl groups is 3. The molecule has 3 N–H and O–H groups in total. The second kappa shape index (κ2) is 9.35. The molecule has 0 aliphatic heterocycles. The molecule has 10 atom stereocenters. The Morgan fingerprint density at radius 3 is 1.11 bits per heavy atom. The molecule has 0 aromatic rings. The first kappa shape index (κ1) is 22.6. The van der Waals surface area contributed by atoms with Gasteiger partial charge in [-0.25, -0.2) is 0 Å². The van der Waals surface area contributed by atoms with Crippen LogP contribution in [-0.2, 0) is 0 Å². The van der Waals surface area contributed by atoms with Gasteiger partial charge in [-0.1, -0.05) is 34.6 Å². The van der Waals surface area contributed by atoms with E-state index in [1.54, 1.807) is 0 Å². The fourth-order valence-electron chi connectivity index (χ4n) is 7.50. The minimum absolute atomic E-state index is 0.207. The van der Waals surface area contributed by atoms with Gasteiger partial charge in [0.15, 0.2) is 0 Å². The predicted octanol–water partition coefficient (Wildman–Crippen LogP) is 4.88. The zero-order valence-corrected chi connectivity index (χ0v) is 18.9. The van der Waals surface area contributed by atoms with E-state index in [-0.39, 0.29) is 18.3 Å². The van der Waals surface area contributed by atoms with Gasteiger partial charge in [-0.3, -0.25) is 0 Å². The first-order valence-corrected chi connectivity index (χ1v) is 12.2. The van der Waals surface area contributed by atoms with Crippen LogP contribution in [0.3, 0.4) is 0 Å². The van der Waals surface area contributed by atoms with Gasteiger partial charge in [0.2, 0.25) is 0 Å². The molecule has 0 heterocycles. The van der Waals surface area contributed by atoms with Crippen molar-refractivity contribution >= 4 is 0 Å². The third kappa shape index (κ3) is 5.13. The lowest BCUT2D eigenvalue weighted by Gasteiger charge is -2.45. The van der Waals surface area contributed by atoms with E-state index in [1.165, 1.54) is 0 Å². The lowest BCUT2D eigenvalue weighted by Crippen LogP contribution is -2.44. The summed E-state index contributed by atoms with van der Waals surface area (Å²) < 4.78 is 0. The summed E-state index contributed by atoms with van der Waals surface area (Å²) in [5.74, 6) is 4.03. The Bertz CT molecular complexity index is 452.